The van der Waals surface area contributed by atoms with Gasteiger partial charge in [0.1, 0.15) is 0 Å². The molecule has 1 aliphatic carbocycles. The van der Waals surface area contributed by atoms with E-state index < -0.39 is 0 Å². The Morgan fingerprint density at radius 2 is 1.17 bits per heavy atom. The molecule has 0 N–H and O–H groups in total. The van der Waals surface area contributed by atoms with Crippen LogP contribution < -0.4 is 0 Å². The molecule has 0 atom stereocenters. The Morgan fingerprint density at radius 3 is 1.33 bits per heavy atom. The quantitative estimate of drug-likeness (QED) is 0.574. The van der Waals surface area contributed by atoms with Gasteiger partial charge in [-0.1, -0.05) is 24.3 Å². The molecule has 1 rings (SSSR count). The van der Waals surface area contributed by atoms with E-state index in [4.69, 9.17) is 0 Å². The first-order valence-electron chi connectivity index (χ1n) is 1.67. The van der Waals surface area contributed by atoms with Crippen molar-refractivity contribution in [3.05, 3.63) is 30.7 Å². The van der Waals surface area contributed by atoms with Crippen LogP contribution in [-0.4, -0.2) is 0 Å². The zero-order valence-corrected chi connectivity index (χ0v) is 5.69. The van der Waals surface area contributed by atoms with Crippen LogP contribution in [0.4, 0.5) is 0 Å². The van der Waals surface area contributed by atoms with Crippen LogP contribution in [0.15, 0.2) is 24.3 Å². The Balaban J connectivity index is 0.000000250. The number of rotatable bonds is 0. The summed E-state index contributed by atoms with van der Waals surface area (Å²) in [5, 5.41) is 0. The van der Waals surface area contributed by atoms with E-state index in [1.807, 2.05) is 30.7 Å². The molecule has 0 bridgehead atoms. The molecule has 0 saturated carbocycles. The van der Waals surface area contributed by atoms with Crippen molar-refractivity contribution in [3.63, 3.8) is 0 Å². The van der Waals surface area contributed by atoms with Crippen LogP contribution in [0.2, 0.25) is 0 Å². The molecule has 0 aromatic carbocycles. The van der Waals surface area contributed by atoms with Gasteiger partial charge < -0.3 is 0 Å². The van der Waals surface area contributed by atoms with Gasteiger partial charge in [0.2, 0.25) is 0 Å². The molecule has 0 saturated heterocycles. The molecule has 32 valence electrons. The smallest absolute Gasteiger partial charge is 0.00506 e. The molecule has 2 radical (unpaired) electrons. The van der Waals surface area contributed by atoms with Crippen LogP contribution in [0.1, 0.15) is 0 Å². The van der Waals surface area contributed by atoms with E-state index >= 15 is 0 Å². The maximum absolute atomic E-state index is 2.00. The fraction of sp³-hybridized carbons (Fsp3) is 0. The van der Waals surface area contributed by atoms with Gasteiger partial charge in [-0.15, -0.1) is 0 Å². The molecule has 1 aliphatic rings. The third kappa shape index (κ3) is 2.27. The molecule has 0 nitrogen and oxygen atoms in total. The second-order valence-electron chi connectivity index (χ2n) is 0.962. The van der Waals surface area contributed by atoms with Crippen molar-refractivity contribution in [2.24, 2.45) is 0 Å². The van der Waals surface area contributed by atoms with E-state index in [0.717, 1.165) is 0 Å². The van der Waals surface area contributed by atoms with Crippen molar-refractivity contribution in [3.8, 4) is 0 Å². The van der Waals surface area contributed by atoms with Gasteiger partial charge in [0, 0.05) is 55.8 Å². The van der Waals surface area contributed by atoms with Gasteiger partial charge in [-0.25, -0.2) is 0 Å². The monoisotopic (exact) mass is 218 g/mol. The van der Waals surface area contributed by atoms with Crippen LogP contribution in [0.5, 0.6) is 0 Å². The summed E-state index contributed by atoms with van der Waals surface area (Å²) in [4.78, 5) is 0. The summed E-state index contributed by atoms with van der Waals surface area (Å²) < 4.78 is 0. The Morgan fingerprint density at radius 1 is 0.667 bits per heavy atom. The molecule has 1 heteroatoms. The van der Waals surface area contributed by atoms with Crippen LogP contribution >= 0.6 is 0 Å². The largest absolute Gasteiger partial charge is 0.0767 e. The topological polar surface area (TPSA) is 0 Å². The summed E-state index contributed by atoms with van der Waals surface area (Å²) >= 11 is 0. The first-order valence-corrected chi connectivity index (χ1v) is 1.67. The van der Waals surface area contributed by atoms with Crippen LogP contribution in [0.3, 0.4) is 0 Å². The Bertz CT molecular complexity index is 62.0. The summed E-state index contributed by atoms with van der Waals surface area (Å²) in [5.41, 5.74) is 0. The zero-order valence-electron chi connectivity index (χ0n) is 3.26. The molecule has 0 unspecified atom stereocenters. The van der Waals surface area contributed by atoms with Gasteiger partial charge in [0.25, 0.3) is 0 Å². The van der Waals surface area contributed by atoms with E-state index in [0.29, 0.717) is 0 Å². The summed E-state index contributed by atoms with van der Waals surface area (Å²) in [5.74, 6) is 0. The van der Waals surface area contributed by atoms with Crippen LogP contribution in [0, 0.1) is 55.8 Å². The van der Waals surface area contributed by atoms with Crippen molar-refractivity contribution in [1.82, 2.24) is 0 Å². The number of hydrogen-bond donors (Lipinski definition) is 0. The minimum atomic E-state index is 0. The first kappa shape index (κ1) is 7.06. The molecule has 0 aromatic heterocycles. The Kier molecular flexibility index (Phi) is 4.98. The summed E-state index contributed by atoms with van der Waals surface area (Å²) in [6, 6.07) is 0. The standard InChI is InChI=1S/C5H5.Eu/c1-2-4-5-3-1;/h1-5H;. The molecule has 0 amide bonds. The molecule has 0 aliphatic heterocycles. The van der Waals surface area contributed by atoms with Crippen LogP contribution in [0.25, 0.3) is 0 Å². The Labute approximate surface area is 78.9 Å². The van der Waals surface area contributed by atoms with Crippen molar-refractivity contribution in [2.45, 2.75) is 0 Å². The van der Waals surface area contributed by atoms with Gasteiger partial charge in [-0.3, -0.25) is 0 Å². The third-order valence-electron chi connectivity index (χ3n) is 0.556. The molecular weight excluding hydrogens is 212 g/mol. The maximum atomic E-state index is 2.00. The summed E-state index contributed by atoms with van der Waals surface area (Å²) in [6.07, 6.45) is 10.0. The van der Waals surface area contributed by atoms with E-state index in [9.17, 15) is 0 Å². The van der Waals surface area contributed by atoms with Gasteiger partial charge in [0.15, 0.2) is 0 Å². The SMILES string of the molecule is [CH]1C=CC=C1.[Eu]. The summed E-state index contributed by atoms with van der Waals surface area (Å²) in [6.45, 7) is 0. The minimum Gasteiger partial charge on any atom is -0.0767 e. The van der Waals surface area contributed by atoms with Gasteiger partial charge in [0.05, 0.1) is 0 Å². The van der Waals surface area contributed by atoms with Crippen molar-refractivity contribution < 1.29 is 49.4 Å². The first-order chi connectivity index (χ1) is 2.50. The van der Waals surface area contributed by atoms with Crippen molar-refractivity contribution >= 4 is 0 Å². The second-order valence-corrected chi connectivity index (χ2v) is 0.962. The predicted molar refractivity (Wildman–Crippen MR) is 22.6 cm³/mol. The number of allylic oxidation sites excluding steroid dienone is 4. The fourth-order valence-corrected chi connectivity index (χ4v) is 0.321. The molecule has 0 spiro atoms. The van der Waals surface area contributed by atoms with Gasteiger partial charge in [-0.05, 0) is 0 Å². The summed E-state index contributed by atoms with van der Waals surface area (Å²) in [7, 11) is 0. The minimum absolute atomic E-state index is 0. The average Bonchev–Trinajstić information content (AvgIpc) is 1.76. The number of hydrogen-bond acceptors (Lipinski definition) is 0. The molecule has 0 heterocycles. The second kappa shape index (κ2) is 4.23. The van der Waals surface area contributed by atoms with Crippen molar-refractivity contribution in [2.75, 3.05) is 0 Å². The van der Waals surface area contributed by atoms with Crippen LogP contribution in [-0.2, 0) is 0 Å². The normalized spacial score (nSPS) is 14.7. The van der Waals surface area contributed by atoms with E-state index in [2.05, 4.69) is 0 Å². The van der Waals surface area contributed by atoms with E-state index in [1.165, 1.54) is 0 Å². The molecule has 0 fully saturated rings. The molecular formula is C5H5Eu. The average molecular weight is 217 g/mol. The van der Waals surface area contributed by atoms with Gasteiger partial charge >= 0.3 is 0 Å². The van der Waals surface area contributed by atoms with E-state index in [1.54, 1.807) is 0 Å². The third-order valence-corrected chi connectivity index (χ3v) is 0.556. The van der Waals surface area contributed by atoms with E-state index in [-0.39, 0.29) is 49.4 Å². The predicted octanol–water partition coefficient (Wildman–Crippen LogP) is 1.32. The van der Waals surface area contributed by atoms with Crippen molar-refractivity contribution in [1.29, 1.82) is 0 Å². The molecule has 6 heavy (non-hydrogen) atoms. The molecule has 0 aromatic rings. The fourth-order valence-electron chi connectivity index (χ4n) is 0.321. The Hall–Kier alpha value is 1.06. The maximum Gasteiger partial charge on any atom is 0.00506 e. The zero-order chi connectivity index (χ0) is 3.54. The van der Waals surface area contributed by atoms with Gasteiger partial charge in [-0.2, -0.15) is 0 Å².